The number of ketones is 1. The van der Waals surface area contributed by atoms with Gasteiger partial charge in [0.1, 0.15) is 42.3 Å². The monoisotopic (exact) mass is 1570 g/mol. The number of primary amides is 1. The van der Waals surface area contributed by atoms with E-state index in [-0.39, 0.29) is 134 Å². The Morgan fingerprint density at radius 1 is 0.414 bits per heavy atom. The topological polar surface area (TPSA) is 587 Å². The van der Waals surface area contributed by atoms with Gasteiger partial charge in [0, 0.05) is 82.9 Å². The van der Waals surface area contributed by atoms with Gasteiger partial charge >= 0.3 is 0 Å². The van der Waals surface area contributed by atoms with E-state index < -0.39 is 150 Å². The van der Waals surface area contributed by atoms with Crippen LogP contribution in [-0.2, 0) is 76.8 Å². The minimum atomic E-state index is -1.72. The average Bonchev–Trinajstić information content (AvgIpc) is 0.833. The molecule has 4 aromatic carbocycles. The standard InChI is InChI=1S/C75H110N22O12S2/c1-110-111-40-34-63(100)85-35-13-12-23-52(65(78)102)90-64(101)33-39-86-62(99)32-31-57-71(108)97-59(44-47-19-6-3-7-20-47)72(109)96-58(43-46-17-4-2-5-18-46)60(98)45-51(42-48-29-30-49-21-8-9-22-50(49)41-48)66(103)91-53(24-10-11-28-61(76)77)67(104)92-54(25-14-36-87-73(79)80)68(105)93-55(26-15-37-88-74(81)82)69(106)94-56(70(107)95-57)27-16-38-89-75(83)84/h2-9,17-22,29-30,41,51-59H,10-16,23-28,31-40,42-45H2,1H3,(H3,76,77)(H2,78,102)(H,85,100)(H,86,99)(H,90,101)(H,91,103)(H,92,104)(H,93,105)(H,94,106)(H,95,107)(H,96,109)(H,97,108)(H4,79,80,87)(H4,81,82,88)(H4,83,84,89). The lowest BCUT2D eigenvalue weighted by molar-refractivity contribution is -0.137. The van der Waals surface area contributed by atoms with Crippen LogP contribution in [0.4, 0.5) is 0 Å². The maximum atomic E-state index is 15.5. The van der Waals surface area contributed by atoms with Crippen LogP contribution in [0.15, 0.2) is 103 Å². The first kappa shape index (κ1) is 90.6. The van der Waals surface area contributed by atoms with Gasteiger partial charge in [-0.1, -0.05) is 131 Å². The Balaban J connectivity index is 1.62. The summed E-state index contributed by atoms with van der Waals surface area (Å²) in [5.41, 5.74) is 30.0. The smallest absolute Gasteiger partial charge is 0.243 e. The third kappa shape index (κ3) is 35.9. The third-order valence-electron chi connectivity index (χ3n) is 18.1. The van der Waals surface area contributed by atoms with Crippen molar-refractivity contribution in [1.29, 1.82) is 21.6 Å². The van der Waals surface area contributed by atoms with Gasteiger partial charge in [0.05, 0.1) is 11.9 Å². The predicted octanol–water partition coefficient (Wildman–Crippen LogP) is 0.0809. The van der Waals surface area contributed by atoms with Crippen LogP contribution in [-0.4, -0.2) is 188 Å². The van der Waals surface area contributed by atoms with Gasteiger partial charge in [0.15, 0.2) is 23.7 Å². The van der Waals surface area contributed by atoms with Gasteiger partial charge in [-0.15, -0.1) is 0 Å². The lowest BCUT2D eigenvalue weighted by Gasteiger charge is -2.29. The highest BCUT2D eigenvalue weighted by Crippen LogP contribution is 2.23. The van der Waals surface area contributed by atoms with Crippen LogP contribution in [0, 0.1) is 27.6 Å². The molecule has 5 rings (SSSR count). The fraction of sp³-hybridized carbons (Fsp3) is 0.493. The minimum Gasteiger partial charge on any atom is -0.388 e. The fourth-order valence-electron chi connectivity index (χ4n) is 12.2. The maximum absolute atomic E-state index is 15.5. The van der Waals surface area contributed by atoms with Gasteiger partial charge in [-0.25, -0.2) is 0 Å². The van der Waals surface area contributed by atoms with E-state index >= 15 is 38.4 Å². The summed E-state index contributed by atoms with van der Waals surface area (Å²) in [5.74, 6) is -11.2. The van der Waals surface area contributed by atoms with E-state index in [1.807, 2.05) is 48.7 Å². The van der Waals surface area contributed by atoms with Gasteiger partial charge in [-0.3, -0.25) is 79.2 Å². The van der Waals surface area contributed by atoms with E-state index in [4.69, 9.17) is 50.3 Å². The second-order valence-electron chi connectivity index (χ2n) is 27.0. The second kappa shape index (κ2) is 49.9. The molecule has 0 bridgehead atoms. The number of hydrogen-bond donors (Lipinski definition) is 22. The second-order valence-corrected chi connectivity index (χ2v) is 29.7. The number of carbonyl (C=O) groups is 12. The minimum absolute atomic E-state index is 0.0104. The molecule has 34 nitrogen and oxygen atoms in total. The zero-order valence-electron chi connectivity index (χ0n) is 62.7. The van der Waals surface area contributed by atoms with E-state index in [2.05, 4.69) is 69.1 Å². The number of amidine groups is 1. The zero-order valence-corrected chi connectivity index (χ0v) is 64.3. The summed E-state index contributed by atoms with van der Waals surface area (Å²) in [6, 6.07) is 18.5. The summed E-state index contributed by atoms with van der Waals surface area (Å²) in [7, 11) is 3.12. The molecule has 11 amide bonds. The number of benzene rings is 4. The lowest BCUT2D eigenvalue weighted by atomic mass is 9.88. The van der Waals surface area contributed by atoms with Gasteiger partial charge in [0.25, 0.3) is 0 Å². The molecule has 0 aliphatic carbocycles. The molecule has 0 radical (unpaired) electrons. The highest BCUT2D eigenvalue weighted by Gasteiger charge is 2.37. The Morgan fingerprint density at radius 2 is 0.847 bits per heavy atom. The van der Waals surface area contributed by atoms with Crippen LogP contribution in [0.2, 0.25) is 0 Å². The number of guanidine groups is 3. The van der Waals surface area contributed by atoms with Crippen molar-refractivity contribution < 1.29 is 57.5 Å². The van der Waals surface area contributed by atoms with E-state index in [1.54, 1.807) is 82.3 Å². The number of hydrogen-bond acceptors (Lipinski definition) is 18. The molecule has 4 aromatic rings. The Kier molecular flexibility index (Phi) is 40.7. The first-order valence-electron chi connectivity index (χ1n) is 37.2. The Hall–Kier alpha value is -11.0. The summed E-state index contributed by atoms with van der Waals surface area (Å²) in [6.07, 6.45) is 1.29. The Morgan fingerprint density at radius 3 is 1.35 bits per heavy atom. The Bertz CT molecular complexity index is 3810. The maximum Gasteiger partial charge on any atom is 0.243 e. The quantitative estimate of drug-likeness (QED) is 0.0121. The molecular weight excluding hydrogens is 1470 g/mol. The fourth-order valence-corrected chi connectivity index (χ4v) is 13.4. The summed E-state index contributed by atoms with van der Waals surface area (Å²) >= 11 is 0. The molecule has 1 aliphatic heterocycles. The molecule has 0 aromatic heterocycles. The van der Waals surface area contributed by atoms with Crippen molar-refractivity contribution in [1.82, 2.24) is 69.1 Å². The van der Waals surface area contributed by atoms with Gasteiger partial charge < -0.3 is 97.8 Å². The van der Waals surface area contributed by atoms with Crippen LogP contribution < -0.4 is 97.8 Å². The van der Waals surface area contributed by atoms with E-state index in [1.165, 1.54) is 0 Å². The van der Waals surface area contributed by atoms with Crippen molar-refractivity contribution in [2.24, 2.45) is 34.6 Å². The Labute approximate surface area is 654 Å². The number of rotatable bonds is 40. The molecule has 1 aliphatic rings. The molecule has 0 spiro atoms. The van der Waals surface area contributed by atoms with Crippen molar-refractivity contribution in [2.45, 2.75) is 183 Å². The van der Waals surface area contributed by atoms with Crippen molar-refractivity contribution in [3.05, 3.63) is 120 Å². The lowest BCUT2D eigenvalue weighted by Crippen LogP contribution is -2.60. The number of carbonyl (C=O) groups excluding carboxylic acids is 12. The molecule has 9 atom stereocenters. The normalized spacial score (nSPS) is 19.3. The molecule has 27 N–H and O–H groups in total. The number of amides is 11. The summed E-state index contributed by atoms with van der Waals surface area (Å²) in [4.78, 5) is 174. The number of nitrogens with two attached hydrogens (primary N) is 5. The highest BCUT2D eigenvalue weighted by molar-refractivity contribution is 8.76. The van der Waals surface area contributed by atoms with Crippen molar-refractivity contribution in [2.75, 3.05) is 44.7 Å². The van der Waals surface area contributed by atoms with Crippen molar-refractivity contribution >= 4 is 127 Å². The number of unbranched alkanes of at least 4 members (excludes halogenated alkanes) is 2. The summed E-state index contributed by atoms with van der Waals surface area (Å²) < 4.78 is 0. The van der Waals surface area contributed by atoms with Crippen LogP contribution in [0.5, 0.6) is 0 Å². The predicted molar refractivity (Wildman–Crippen MR) is 428 cm³/mol. The SMILES string of the molecule is CSSCCC(=O)NCCCCC(NC(=O)CCNC(=O)CCC1NC(=O)C(CCCNC(=N)N)NC(=O)C(CCCNC(=N)N)NC(=O)C(CCCNC(=N)N)NC(=O)C(CCCCC(=N)N)NC(=O)C(Cc2ccc3ccccc3c2)CC(=O)C(Cc2ccccc2)NC(=O)C(Cc2ccccc2)NC1=O)C(N)=O. The largest absolute Gasteiger partial charge is 0.388 e. The van der Waals surface area contributed by atoms with Gasteiger partial charge in [-0.2, -0.15) is 0 Å². The number of nitrogens with one attached hydrogen (secondary N) is 17. The van der Waals surface area contributed by atoms with E-state index in [9.17, 15) is 19.2 Å². The molecule has 1 heterocycles. The average molecular weight is 1580 g/mol. The molecule has 1 fully saturated rings. The molecule has 9 unspecified atom stereocenters. The van der Waals surface area contributed by atoms with Crippen molar-refractivity contribution in [3.8, 4) is 0 Å². The molecule has 0 saturated carbocycles. The van der Waals surface area contributed by atoms with Crippen LogP contribution in [0.25, 0.3) is 10.8 Å². The summed E-state index contributed by atoms with van der Waals surface area (Å²) in [5, 5.41) is 68.3. The van der Waals surface area contributed by atoms with Crippen LogP contribution in [0.1, 0.15) is 132 Å². The molecule has 1 saturated heterocycles. The zero-order chi connectivity index (χ0) is 81.0. The molecular formula is C75H110N22O12S2. The van der Waals surface area contributed by atoms with Crippen LogP contribution in [0.3, 0.4) is 0 Å². The summed E-state index contributed by atoms with van der Waals surface area (Å²) in [6.45, 7) is 0.120. The third-order valence-corrected chi connectivity index (χ3v) is 19.9. The van der Waals surface area contributed by atoms with E-state index in [0.717, 1.165) is 10.8 Å². The first-order chi connectivity index (χ1) is 53.2. The van der Waals surface area contributed by atoms with Gasteiger partial charge in [-0.05, 0) is 124 Å². The molecule has 604 valence electrons. The molecule has 111 heavy (non-hydrogen) atoms. The molecule has 36 heteroatoms. The van der Waals surface area contributed by atoms with E-state index in [0.29, 0.717) is 54.7 Å². The van der Waals surface area contributed by atoms with Gasteiger partial charge in [0.2, 0.25) is 65.0 Å². The van der Waals surface area contributed by atoms with Crippen molar-refractivity contribution in [3.63, 3.8) is 0 Å². The number of Topliss-reactive ketones (excluding diaryl/α,β-unsaturated/α-hetero) is 1. The first-order valence-corrected chi connectivity index (χ1v) is 40.0. The van der Waals surface area contributed by atoms with Crippen LogP contribution >= 0.6 is 21.6 Å². The number of fused-ring (bicyclic) bond motifs is 1. The highest BCUT2D eigenvalue weighted by atomic mass is 33.1.